The van der Waals surface area contributed by atoms with Crippen molar-refractivity contribution in [2.75, 3.05) is 32.7 Å². The van der Waals surface area contributed by atoms with E-state index in [1.54, 1.807) is 0 Å². The largest absolute Gasteiger partial charge is 0.296 e. The summed E-state index contributed by atoms with van der Waals surface area (Å²) in [6.07, 6.45) is 8.92. The van der Waals surface area contributed by atoms with Gasteiger partial charge in [0.2, 0.25) is 0 Å². The van der Waals surface area contributed by atoms with Gasteiger partial charge in [0.05, 0.1) is 0 Å². The predicted molar refractivity (Wildman–Crippen MR) is 82.9 cm³/mol. The van der Waals surface area contributed by atoms with Gasteiger partial charge < -0.3 is 0 Å². The molecule has 0 saturated carbocycles. The second-order valence-electron chi connectivity index (χ2n) is 4.51. The molecule has 0 radical (unpaired) electrons. The standard InChI is InChI=1S/C16H28N2/c1-6-11-17(12-7-2)15-10-16(5)18(13-8-3)14-9-4/h6-9,16H,1-4,10-15H2,5H3. The second-order valence-corrected chi connectivity index (χ2v) is 4.51. The van der Waals surface area contributed by atoms with Crippen molar-refractivity contribution in [1.29, 1.82) is 0 Å². The van der Waals surface area contributed by atoms with Crippen molar-refractivity contribution in [2.45, 2.75) is 19.4 Å². The van der Waals surface area contributed by atoms with Crippen LogP contribution in [0.25, 0.3) is 0 Å². The number of hydrogen-bond donors (Lipinski definition) is 0. The number of rotatable bonds is 12. The SMILES string of the molecule is C=CCN(CC=C)CCC(C)N(CC=C)CC=C. The molecule has 0 bridgehead atoms. The smallest absolute Gasteiger partial charge is 0.0166 e. The third-order valence-electron chi connectivity index (χ3n) is 2.99. The molecule has 1 unspecified atom stereocenters. The summed E-state index contributed by atoms with van der Waals surface area (Å²) in [4.78, 5) is 4.72. The summed E-state index contributed by atoms with van der Waals surface area (Å²) in [5.74, 6) is 0. The summed E-state index contributed by atoms with van der Waals surface area (Å²) in [6.45, 7) is 22.2. The average Bonchev–Trinajstić information content (AvgIpc) is 2.36. The molecular formula is C16H28N2. The Morgan fingerprint density at radius 1 is 0.833 bits per heavy atom. The van der Waals surface area contributed by atoms with Crippen LogP contribution in [0.5, 0.6) is 0 Å². The van der Waals surface area contributed by atoms with Gasteiger partial charge in [-0.25, -0.2) is 0 Å². The summed E-state index contributed by atoms with van der Waals surface area (Å²) < 4.78 is 0. The Morgan fingerprint density at radius 2 is 1.28 bits per heavy atom. The molecule has 0 aromatic carbocycles. The molecule has 0 heterocycles. The van der Waals surface area contributed by atoms with Crippen LogP contribution in [0, 0.1) is 0 Å². The van der Waals surface area contributed by atoms with Gasteiger partial charge in [0.1, 0.15) is 0 Å². The normalized spacial score (nSPS) is 12.4. The van der Waals surface area contributed by atoms with Crippen LogP contribution in [0.4, 0.5) is 0 Å². The molecule has 0 saturated heterocycles. The van der Waals surface area contributed by atoms with Crippen molar-refractivity contribution in [3.8, 4) is 0 Å². The van der Waals surface area contributed by atoms with Crippen molar-refractivity contribution >= 4 is 0 Å². The molecule has 0 rings (SSSR count). The lowest BCUT2D eigenvalue weighted by molar-refractivity contribution is 0.215. The monoisotopic (exact) mass is 248 g/mol. The molecule has 0 amide bonds. The molecule has 0 spiro atoms. The maximum atomic E-state index is 3.81. The summed E-state index contributed by atoms with van der Waals surface area (Å²) in [5, 5.41) is 0. The average molecular weight is 248 g/mol. The first-order valence-electron chi connectivity index (χ1n) is 6.59. The number of nitrogens with zero attached hydrogens (tertiary/aromatic N) is 2. The third kappa shape index (κ3) is 7.25. The zero-order chi connectivity index (χ0) is 13.8. The Morgan fingerprint density at radius 3 is 1.67 bits per heavy atom. The minimum atomic E-state index is 0.526. The Kier molecular flexibility index (Phi) is 10.3. The van der Waals surface area contributed by atoms with Gasteiger partial charge in [-0.1, -0.05) is 24.3 Å². The highest BCUT2D eigenvalue weighted by Crippen LogP contribution is 2.06. The summed E-state index contributed by atoms with van der Waals surface area (Å²) >= 11 is 0. The van der Waals surface area contributed by atoms with E-state index in [0.29, 0.717) is 6.04 Å². The highest BCUT2D eigenvalue weighted by Gasteiger charge is 2.12. The Labute approximate surface area is 113 Å². The molecule has 2 heteroatoms. The fourth-order valence-corrected chi connectivity index (χ4v) is 1.94. The van der Waals surface area contributed by atoms with Crippen LogP contribution in [0.1, 0.15) is 13.3 Å². The van der Waals surface area contributed by atoms with Crippen molar-refractivity contribution in [1.82, 2.24) is 9.80 Å². The van der Waals surface area contributed by atoms with Crippen LogP contribution in [-0.4, -0.2) is 48.6 Å². The van der Waals surface area contributed by atoms with Crippen LogP contribution in [-0.2, 0) is 0 Å². The van der Waals surface area contributed by atoms with Crippen molar-refractivity contribution in [2.24, 2.45) is 0 Å². The second kappa shape index (κ2) is 11.0. The molecular weight excluding hydrogens is 220 g/mol. The zero-order valence-electron chi connectivity index (χ0n) is 11.9. The Bertz CT molecular complexity index is 238. The first-order chi connectivity index (χ1) is 8.69. The Hall–Kier alpha value is -1.12. The lowest BCUT2D eigenvalue weighted by Crippen LogP contribution is -2.37. The van der Waals surface area contributed by atoms with E-state index in [4.69, 9.17) is 0 Å². The maximum absolute atomic E-state index is 3.81. The van der Waals surface area contributed by atoms with Gasteiger partial charge in [-0.2, -0.15) is 0 Å². The molecule has 1 atom stereocenters. The lowest BCUT2D eigenvalue weighted by atomic mass is 10.2. The van der Waals surface area contributed by atoms with Crippen molar-refractivity contribution in [3.63, 3.8) is 0 Å². The zero-order valence-corrected chi connectivity index (χ0v) is 11.9. The van der Waals surface area contributed by atoms with E-state index in [-0.39, 0.29) is 0 Å². The minimum absolute atomic E-state index is 0.526. The predicted octanol–water partition coefficient (Wildman–Crippen LogP) is 3.11. The van der Waals surface area contributed by atoms with Crippen LogP contribution < -0.4 is 0 Å². The fraction of sp³-hybridized carbons (Fsp3) is 0.500. The first-order valence-corrected chi connectivity index (χ1v) is 6.59. The van der Waals surface area contributed by atoms with Gasteiger partial charge in [-0.15, -0.1) is 26.3 Å². The molecule has 0 aliphatic rings. The number of hydrogen-bond acceptors (Lipinski definition) is 2. The molecule has 0 aromatic rings. The van der Waals surface area contributed by atoms with E-state index in [1.165, 1.54) is 0 Å². The fourth-order valence-electron chi connectivity index (χ4n) is 1.94. The van der Waals surface area contributed by atoms with Gasteiger partial charge in [-0.05, 0) is 13.3 Å². The van der Waals surface area contributed by atoms with E-state index in [9.17, 15) is 0 Å². The Balaban J connectivity index is 4.19. The van der Waals surface area contributed by atoms with Crippen LogP contribution in [0.15, 0.2) is 50.6 Å². The molecule has 18 heavy (non-hydrogen) atoms. The quantitative estimate of drug-likeness (QED) is 0.490. The lowest BCUT2D eigenvalue weighted by Gasteiger charge is -2.29. The van der Waals surface area contributed by atoms with E-state index in [0.717, 1.165) is 39.1 Å². The van der Waals surface area contributed by atoms with Crippen molar-refractivity contribution < 1.29 is 0 Å². The van der Waals surface area contributed by atoms with Gasteiger partial charge in [0.25, 0.3) is 0 Å². The maximum Gasteiger partial charge on any atom is 0.0166 e. The molecule has 0 N–H and O–H groups in total. The van der Waals surface area contributed by atoms with E-state index in [2.05, 4.69) is 43.0 Å². The van der Waals surface area contributed by atoms with E-state index < -0.39 is 0 Å². The molecule has 102 valence electrons. The van der Waals surface area contributed by atoms with Gasteiger partial charge in [-0.3, -0.25) is 9.80 Å². The molecule has 2 nitrogen and oxygen atoms in total. The topological polar surface area (TPSA) is 6.48 Å². The van der Waals surface area contributed by atoms with Gasteiger partial charge in [0, 0.05) is 38.8 Å². The first kappa shape index (κ1) is 16.9. The van der Waals surface area contributed by atoms with E-state index in [1.807, 2.05) is 24.3 Å². The molecule has 0 aliphatic carbocycles. The van der Waals surface area contributed by atoms with Gasteiger partial charge >= 0.3 is 0 Å². The molecule has 0 fully saturated rings. The minimum Gasteiger partial charge on any atom is -0.296 e. The van der Waals surface area contributed by atoms with Crippen LogP contribution in [0.3, 0.4) is 0 Å². The highest BCUT2D eigenvalue weighted by atomic mass is 15.2. The van der Waals surface area contributed by atoms with E-state index >= 15 is 0 Å². The molecule has 0 aromatic heterocycles. The summed E-state index contributed by atoms with van der Waals surface area (Å²) in [5.41, 5.74) is 0. The van der Waals surface area contributed by atoms with Crippen LogP contribution >= 0.6 is 0 Å². The van der Waals surface area contributed by atoms with Crippen LogP contribution in [0.2, 0.25) is 0 Å². The van der Waals surface area contributed by atoms with Crippen molar-refractivity contribution in [3.05, 3.63) is 50.6 Å². The van der Waals surface area contributed by atoms with Gasteiger partial charge in [0.15, 0.2) is 0 Å². The highest BCUT2D eigenvalue weighted by molar-refractivity contribution is 4.85. The molecule has 0 aliphatic heterocycles. The summed E-state index contributed by atoms with van der Waals surface area (Å²) in [7, 11) is 0. The summed E-state index contributed by atoms with van der Waals surface area (Å²) in [6, 6.07) is 0.526. The third-order valence-corrected chi connectivity index (χ3v) is 2.99.